The first-order chi connectivity index (χ1) is 8.13. The van der Waals surface area contributed by atoms with Gasteiger partial charge in [0, 0.05) is 39.4 Å². The fraction of sp³-hybridized carbons (Fsp3) is 0.333. The lowest BCUT2D eigenvalue weighted by Gasteiger charge is -2.12. The third kappa shape index (κ3) is 2.08. The molecule has 0 aliphatic carbocycles. The quantitative estimate of drug-likeness (QED) is 0.871. The van der Waals surface area contributed by atoms with Gasteiger partial charge in [-0.3, -0.25) is 4.57 Å². The second-order valence-corrected chi connectivity index (χ2v) is 4.10. The van der Waals surface area contributed by atoms with Crippen molar-refractivity contribution < 1.29 is 0 Å². The molecule has 0 fully saturated rings. The molecule has 0 bridgehead atoms. The summed E-state index contributed by atoms with van der Waals surface area (Å²) >= 11 is 0. The van der Waals surface area contributed by atoms with Crippen molar-refractivity contribution in [1.82, 2.24) is 14.8 Å². The van der Waals surface area contributed by atoms with Crippen LogP contribution < -0.4 is 10.2 Å². The summed E-state index contributed by atoms with van der Waals surface area (Å²) in [6.07, 6.45) is 0. The van der Waals surface area contributed by atoms with Crippen LogP contribution in [0.15, 0.2) is 24.3 Å². The SMILES string of the molecule is CNc1nnc(-c2ccc(N(C)C)cc2)n1C. The van der Waals surface area contributed by atoms with Crippen molar-refractivity contribution in [2.24, 2.45) is 7.05 Å². The second kappa shape index (κ2) is 4.45. The summed E-state index contributed by atoms with van der Waals surface area (Å²) in [6, 6.07) is 8.25. The van der Waals surface area contributed by atoms with Crippen LogP contribution in [-0.2, 0) is 7.05 Å². The van der Waals surface area contributed by atoms with Crippen LogP contribution in [0.4, 0.5) is 11.6 Å². The Bertz CT molecular complexity index is 498. The monoisotopic (exact) mass is 231 g/mol. The third-order valence-corrected chi connectivity index (χ3v) is 2.74. The van der Waals surface area contributed by atoms with Crippen LogP contribution in [0, 0.1) is 0 Å². The molecule has 17 heavy (non-hydrogen) atoms. The summed E-state index contributed by atoms with van der Waals surface area (Å²) in [7, 11) is 7.83. The molecule has 0 atom stereocenters. The Balaban J connectivity index is 2.36. The number of aromatic nitrogens is 3. The molecule has 0 saturated heterocycles. The number of rotatable bonds is 3. The largest absolute Gasteiger partial charge is 0.378 e. The lowest BCUT2D eigenvalue weighted by molar-refractivity contribution is 0.925. The highest BCUT2D eigenvalue weighted by Crippen LogP contribution is 2.21. The molecule has 0 radical (unpaired) electrons. The molecule has 1 N–H and O–H groups in total. The van der Waals surface area contributed by atoms with Gasteiger partial charge in [0.15, 0.2) is 5.82 Å². The van der Waals surface area contributed by atoms with Gasteiger partial charge in [0.25, 0.3) is 0 Å². The van der Waals surface area contributed by atoms with Crippen LogP contribution in [0.2, 0.25) is 0 Å². The number of nitrogens with zero attached hydrogens (tertiary/aromatic N) is 4. The Morgan fingerprint density at radius 1 is 1.12 bits per heavy atom. The van der Waals surface area contributed by atoms with Crippen molar-refractivity contribution in [3.8, 4) is 11.4 Å². The van der Waals surface area contributed by atoms with E-state index in [0.717, 1.165) is 17.3 Å². The van der Waals surface area contributed by atoms with Crippen LogP contribution in [0.1, 0.15) is 0 Å². The van der Waals surface area contributed by atoms with Crippen molar-refractivity contribution in [3.05, 3.63) is 24.3 Å². The summed E-state index contributed by atoms with van der Waals surface area (Å²) in [5, 5.41) is 11.2. The average molecular weight is 231 g/mol. The van der Waals surface area contributed by atoms with E-state index in [1.807, 2.05) is 32.8 Å². The molecule has 5 nitrogen and oxygen atoms in total. The molecule has 2 aromatic rings. The van der Waals surface area contributed by atoms with Crippen molar-refractivity contribution >= 4 is 11.6 Å². The zero-order chi connectivity index (χ0) is 12.4. The van der Waals surface area contributed by atoms with Crippen LogP contribution in [0.5, 0.6) is 0 Å². The molecule has 5 heteroatoms. The fourth-order valence-corrected chi connectivity index (χ4v) is 1.71. The van der Waals surface area contributed by atoms with Crippen molar-refractivity contribution in [2.75, 3.05) is 31.4 Å². The van der Waals surface area contributed by atoms with Gasteiger partial charge in [-0.15, -0.1) is 10.2 Å². The zero-order valence-corrected chi connectivity index (χ0v) is 10.6. The van der Waals surface area contributed by atoms with E-state index in [-0.39, 0.29) is 0 Å². The van der Waals surface area contributed by atoms with Crippen LogP contribution in [0.25, 0.3) is 11.4 Å². The normalized spacial score (nSPS) is 10.4. The Labute approximate surface area is 101 Å². The number of nitrogens with one attached hydrogen (secondary N) is 1. The van der Waals surface area contributed by atoms with Gasteiger partial charge in [-0.25, -0.2) is 0 Å². The van der Waals surface area contributed by atoms with Crippen molar-refractivity contribution in [1.29, 1.82) is 0 Å². The maximum atomic E-state index is 4.17. The molecule has 90 valence electrons. The molecule has 2 rings (SSSR count). The summed E-state index contributed by atoms with van der Waals surface area (Å²) in [6.45, 7) is 0. The Kier molecular flexibility index (Phi) is 2.99. The zero-order valence-electron chi connectivity index (χ0n) is 10.6. The highest BCUT2D eigenvalue weighted by Gasteiger charge is 2.09. The molecule has 1 heterocycles. The lowest BCUT2D eigenvalue weighted by Crippen LogP contribution is -2.08. The van der Waals surface area contributed by atoms with Crippen LogP contribution in [-0.4, -0.2) is 35.9 Å². The molecule has 0 unspecified atom stereocenters. The van der Waals surface area contributed by atoms with E-state index >= 15 is 0 Å². The molecule has 0 aliphatic rings. The number of hydrogen-bond acceptors (Lipinski definition) is 4. The minimum absolute atomic E-state index is 0.761. The van der Waals surface area contributed by atoms with Gasteiger partial charge in [-0.2, -0.15) is 0 Å². The predicted octanol–water partition coefficient (Wildman–Crippen LogP) is 1.59. The Morgan fingerprint density at radius 2 is 1.76 bits per heavy atom. The molecule has 1 aromatic heterocycles. The van der Waals surface area contributed by atoms with Crippen molar-refractivity contribution in [2.45, 2.75) is 0 Å². The Morgan fingerprint density at radius 3 is 2.24 bits per heavy atom. The van der Waals surface area contributed by atoms with Crippen molar-refractivity contribution in [3.63, 3.8) is 0 Å². The van der Waals surface area contributed by atoms with E-state index in [9.17, 15) is 0 Å². The van der Waals surface area contributed by atoms with Gasteiger partial charge < -0.3 is 10.2 Å². The van der Waals surface area contributed by atoms with E-state index in [1.165, 1.54) is 5.69 Å². The summed E-state index contributed by atoms with van der Waals surface area (Å²) in [4.78, 5) is 2.07. The second-order valence-electron chi connectivity index (χ2n) is 4.10. The number of hydrogen-bond donors (Lipinski definition) is 1. The number of benzene rings is 1. The first-order valence-electron chi connectivity index (χ1n) is 5.48. The van der Waals surface area contributed by atoms with Gasteiger partial charge in [-0.05, 0) is 24.3 Å². The molecule has 1 aromatic carbocycles. The first-order valence-corrected chi connectivity index (χ1v) is 5.48. The molecular formula is C12H17N5. The van der Waals surface area contributed by atoms with E-state index in [1.54, 1.807) is 0 Å². The maximum absolute atomic E-state index is 4.17. The topological polar surface area (TPSA) is 46.0 Å². The van der Waals surface area contributed by atoms with Gasteiger partial charge >= 0.3 is 0 Å². The summed E-state index contributed by atoms with van der Waals surface area (Å²) < 4.78 is 1.94. The van der Waals surface area contributed by atoms with Gasteiger partial charge in [0.05, 0.1) is 0 Å². The first kappa shape index (κ1) is 11.4. The fourth-order valence-electron chi connectivity index (χ4n) is 1.71. The van der Waals surface area contributed by atoms with Gasteiger partial charge in [0.1, 0.15) is 0 Å². The van der Waals surface area contributed by atoms with E-state index in [4.69, 9.17) is 0 Å². The van der Waals surface area contributed by atoms with E-state index in [2.05, 4.69) is 44.7 Å². The van der Waals surface area contributed by atoms with E-state index in [0.29, 0.717) is 0 Å². The highest BCUT2D eigenvalue weighted by molar-refractivity contribution is 5.61. The Hall–Kier alpha value is -2.04. The minimum atomic E-state index is 0.761. The summed E-state index contributed by atoms with van der Waals surface area (Å²) in [5.74, 6) is 1.62. The van der Waals surface area contributed by atoms with E-state index < -0.39 is 0 Å². The minimum Gasteiger partial charge on any atom is -0.378 e. The van der Waals surface area contributed by atoms with Gasteiger partial charge in [0.2, 0.25) is 5.95 Å². The standard InChI is InChI=1S/C12H17N5/c1-13-12-15-14-11(17(12)4)9-5-7-10(8-6-9)16(2)3/h5-8H,1-4H3,(H,13,15). The van der Waals surface area contributed by atoms with Crippen LogP contribution in [0.3, 0.4) is 0 Å². The molecule has 0 saturated carbocycles. The number of anilines is 2. The molecule has 0 aliphatic heterocycles. The lowest BCUT2D eigenvalue weighted by atomic mass is 10.2. The highest BCUT2D eigenvalue weighted by atomic mass is 15.3. The third-order valence-electron chi connectivity index (χ3n) is 2.74. The van der Waals surface area contributed by atoms with Crippen LogP contribution >= 0.6 is 0 Å². The smallest absolute Gasteiger partial charge is 0.224 e. The molecule has 0 spiro atoms. The molecular weight excluding hydrogens is 214 g/mol. The molecule has 0 amide bonds. The average Bonchev–Trinajstić information content (AvgIpc) is 2.70. The predicted molar refractivity (Wildman–Crippen MR) is 70.3 cm³/mol. The summed E-state index contributed by atoms with van der Waals surface area (Å²) in [5.41, 5.74) is 2.23. The maximum Gasteiger partial charge on any atom is 0.224 e. The van der Waals surface area contributed by atoms with Gasteiger partial charge in [-0.1, -0.05) is 0 Å².